The summed E-state index contributed by atoms with van der Waals surface area (Å²) in [6.45, 7) is 0.868. The van der Waals surface area contributed by atoms with Crippen molar-refractivity contribution < 1.29 is 13.9 Å². The Kier molecular flexibility index (Phi) is 3.45. The molecule has 5 nitrogen and oxygen atoms in total. The van der Waals surface area contributed by atoms with Gasteiger partial charge in [0.15, 0.2) is 0 Å². The van der Waals surface area contributed by atoms with Crippen LogP contribution in [0.1, 0.15) is 11.1 Å². The van der Waals surface area contributed by atoms with Crippen LogP contribution in [0.15, 0.2) is 24.5 Å². The molecule has 0 saturated carbocycles. The van der Waals surface area contributed by atoms with Crippen molar-refractivity contribution in [3.05, 3.63) is 41.5 Å². The van der Waals surface area contributed by atoms with E-state index in [-0.39, 0.29) is 11.7 Å². The number of fused-ring (bicyclic) bond motifs is 1. The second-order valence-electron chi connectivity index (χ2n) is 4.82. The van der Waals surface area contributed by atoms with Gasteiger partial charge in [-0.2, -0.15) is 15.0 Å². The molecule has 104 valence electrons. The third kappa shape index (κ3) is 2.54. The average Bonchev–Trinajstić information content (AvgIpc) is 3.07. The highest BCUT2D eigenvalue weighted by Gasteiger charge is 2.24. The SMILES string of the molecule is O=CC1Cc2cc(OCCn3nccn3)cc(F)c2C1. The van der Waals surface area contributed by atoms with E-state index in [2.05, 4.69) is 10.2 Å². The maximum Gasteiger partial charge on any atom is 0.130 e. The molecule has 1 heterocycles. The Morgan fingerprint density at radius 3 is 2.90 bits per heavy atom. The van der Waals surface area contributed by atoms with Gasteiger partial charge in [0.2, 0.25) is 0 Å². The first-order valence-corrected chi connectivity index (χ1v) is 6.50. The zero-order valence-electron chi connectivity index (χ0n) is 10.8. The van der Waals surface area contributed by atoms with Crippen molar-refractivity contribution in [2.75, 3.05) is 6.61 Å². The van der Waals surface area contributed by atoms with E-state index in [0.29, 0.717) is 37.3 Å². The van der Waals surface area contributed by atoms with Crippen LogP contribution >= 0.6 is 0 Å². The summed E-state index contributed by atoms with van der Waals surface area (Å²) in [5, 5.41) is 7.91. The fourth-order valence-electron chi connectivity index (χ4n) is 2.48. The molecule has 6 heteroatoms. The molecule has 1 unspecified atom stereocenters. The van der Waals surface area contributed by atoms with E-state index in [1.54, 1.807) is 12.4 Å². The maximum atomic E-state index is 13.9. The summed E-state index contributed by atoms with van der Waals surface area (Å²) in [5.41, 5.74) is 1.51. The number of aromatic nitrogens is 3. The second-order valence-corrected chi connectivity index (χ2v) is 4.82. The van der Waals surface area contributed by atoms with E-state index in [1.165, 1.54) is 10.9 Å². The lowest BCUT2D eigenvalue weighted by molar-refractivity contribution is -0.110. The fourth-order valence-corrected chi connectivity index (χ4v) is 2.48. The van der Waals surface area contributed by atoms with Gasteiger partial charge in [0.05, 0.1) is 18.9 Å². The van der Waals surface area contributed by atoms with Crippen molar-refractivity contribution in [2.45, 2.75) is 19.4 Å². The van der Waals surface area contributed by atoms with Crippen LogP contribution in [0, 0.1) is 11.7 Å². The van der Waals surface area contributed by atoms with Gasteiger partial charge in [-0.15, -0.1) is 0 Å². The minimum Gasteiger partial charge on any atom is -0.491 e. The van der Waals surface area contributed by atoms with Crippen LogP contribution < -0.4 is 4.74 Å². The van der Waals surface area contributed by atoms with Crippen LogP contribution in [0.4, 0.5) is 4.39 Å². The molecule has 1 aliphatic carbocycles. The summed E-state index contributed by atoms with van der Waals surface area (Å²) in [6, 6.07) is 3.20. The molecule has 0 amide bonds. The lowest BCUT2D eigenvalue weighted by Crippen LogP contribution is -2.11. The first kappa shape index (κ1) is 12.8. The van der Waals surface area contributed by atoms with E-state index in [1.807, 2.05) is 6.07 Å². The Labute approximate surface area is 115 Å². The van der Waals surface area contributed by atoms with Crippen LogP contribution in [-0.4, -0.2) is 27.9 Å². The first-order valence-electron chi connectivity index (χ1n) is 6.50. The Morgan fingerprint density at radius 1 is 1.35 bits per heavy atom. The molecular formula is C14H14FN3O2. The largest absolute Gasteiger partial charge is 0.491 e. The molecule has 1 aromatic heterocycles. The third-order valence-electron chi connectivity index (χ3n) is 3.43. The molecule has 0 bridgehead atoms. The van der Waals surface area contributed by atoms with E-state index in [4.69, 9.17) is 4.74 Å². The van der Waals surface area contributed by atoms with Gasteiger partial charge in [-0.25, -0.2) is 4.39 Å². The summed E-state index contributed by atoms with van der Waals surface area (Å²) < 4.78 is 19.5. The lowest BCUT2D eigenvalue weighted by Gasteiger charge is -2.08. The van der Waals surface area contributed by atoms with Gasteiger partial charge < -0.3 is 9.53 Å². The molecule has 1 atom stereocenters. The van der Waals surface area contributed by atoms with Gasteiger partial charge in [0, 0.05) is 12.0 Å². The number of hydrogen-bond donors (Lipinski definition) is 0. The molecule has 3 rings (SSSR count). The topological polar surface area (TPSA) is 57.0 Å². The Hall–Kier alpha value is -2.24. The third-order valence-corrected chi connectivity index (χ3v) is 3.43. The summed E-state index contributed by atoms with van der Waals surface area (Å²) >= 11 is 0. The predicted octanol–water partition coefficient (Wildman–Crippen LogP) is 1.41. The van der Waals surface area contributed by atoms with Gasteiger partial charge >= 0.3 is 0 Å². The molecule has 0 spiro atoms. The fraction of sp³-hybridized carbons (Fsp3) is 0.357. The minimum atomic E-state index is -0.293. The van der Waals surface area contributed by atoms with E-state index in [9.17, 15) is 9.18 Å². The van der Waals surface area contributed by atoms with Gasteiger partial charge in [0.25, 0.3) is 0 Å². The van der Waals surface area contributed by atoms with Crippen molar-refractivity contribution >= 4 is 6.29 Å². The Morgan fingerprint density at radius 2 is 2.15 bits per heavy atom. The molecule has 1 aliphatic rings. The minimum absolute atomic E-state index is 0.108. The number of aldehydes is 1. The predicted molar refractivity (Wildman–Crippen MR) is 68.9 cm³/mol. The number of carbonyl (C=O) groups excluding carboxylic acids is 1. The quantitative estimate of drug-likeness (QED) is 0.774. The highest BCUT2D eigenvalue weighted by atomic mass is 19.1. The number of ether oxygens (including phenoxy) is 1. The van der Waals surface area contributed by atoms with Crippen LogP contribution in [0.2, 0.25) is 0 Å². The van der Waals surface area contributed by atoms with Crippen LogP contribution in [0.5, 0.6) is 5.75 Å². The first-order chi connectivity index (χ1) is 9.76. The normalized spacial score (nSPS) is 16.9. The van der Waals surface area contributed by atoms with E-state index < -0.39 is 0 Å². The molecule has 0 radical (unpaired) electrons. The Bertz CT molecular complexity index is 613. The monoisotopic (exact) mass is 275 g/mol. The highest BCUT2D eigenvalue weighted by Crippen LogP contribution is 2.31. The van der Waals surface area contributed by atoms with E-state index >= 15 is 0 Å². The maximum absolute atomic E-state index is 13.9. The highest BCUT2D eigenvalue weighted by molar-refractivity contribution is 5.59. The van der Waals surface area contributed by atoms with Crippen LogP contribution in [-0.2, 0) is 24.2 Å². The number of halogens is 1. The number of hydrogen-bond acceptors (Lipinski definition) is 4. The molecule has 20 heavy (non-hydrogen) atoms. The summed E-state index contributed by atoms with van der Waals surface area (Å²) in [7, 11) is 0. The van der Waals surface area contributed by atoms with Gasteiger partial charge in [-0.3, -0.25) is 0 Å². The number of nitrogens with zero attached hydrogens (tertiary/aromatic N) is 3. The van der Waals surface area contributed by atoms with Gasteiger partial charge in [0.1, 0.15) is 24.5 Å². The number of benzene rings is 1. The summed E-state index contributed by atoms with van der Waals surface area (Å²) in [4.78, 5) is 12.3. The van der Waals surface area contributed by atoms with Crippen molar-refractivity contribution in [2.24, 2.45) is 5.92 Å². The molecular weight excluding hydrogens is 261 g/mol. The molecule has 0 aliphatic heterocycles. The molecule has 1 aromatic carbocycles. The number of rotatable bonds is 5. The summed E-state index contributed by atoms with van der Waals surface area (Å²) in [5.74, 6) is 0.0852. The van der Waals surface area contributed by atoms with E-state index in [0.717, 1.165) is 11.8 Å². The zero-order valence-corrected chi connectivity index (χ0v) is 10.8. The van der Waals surface area contributed by atoms with Crippen molar-refractivity contribution in [3.8, 4) is 5.75 Å². The molecule has 0 saturated heterocycles. The lowest BCUT2D eigenvalue weighted by atomic mass is 10.1. The zero-order chi connectivity index (χ0) is 13.9. The smallest absolute Gasteiger partial charge is 0.130 e. The number of carbonyl (C=O) groups is 1. The summed E-state index contributed by atoms with van der Waals surface area (Å²) in [6.07, 6.45) is 5.16. The Balaban J connectivity index is 1.66. The molecule has 2 aromatic rings. The van der Waals surface area contributed by atoms with Crippen LogP contribution in [0.3, 0.4) is 0 Å². The van der Waals surface area contributed by atoms with Crippen molar-refractivity contribution in [1.29, 1.82) is 0 Å². The molecule has 0 N–H and O–H groups in total. The van der Waals surface area contributed by atoms with Crippen molar-refractivity contribution in [3.63, 3.8) is 0 Å². The van der Waals surface area contributed by atoms with Gasteiger partial charge in [-0.1, -0.05) is 0 Å². The average molecular weight is 275 g/mol. The van der Waals surface area contributed by atoms with Gasteiger partial charge in [-0.05, 0) is 30.0 Å². The standard InChI is InChI=1S/C14H14FN3O2/c15-14-8-12(20-4-3-18-16-1-2-17-18)7-11-5-10(9-19)6-13(11)14/h1-2,7-10H,3-6H2. The van der Waals surface area contributed by atoms with Crippen LogP contribution in [0.25, 0.3) is 0 Å². The second kappa shape index (κ2) is 5.40. The van der Waals surface area contributed by atoms with Crippen molar-refractivity contribution in [1.82, 2.24) is 15.0 Å². The molecule has 0 fully saturated rings.